The van der Waals surface area contributed by atoms with E-state index in [4.69, 9.17) is 0 Å². The Morgan fingerprint density at radius 2 is 1.78 bits per heavy atom. The molecule has 2 heterocycles. The fourth-order valence-corrected chi connectivity index (χ4v) is 3.28. The molecule has 4 rings (SSSR count). The van der Waals surface area contributed by atoms with Crippen molar-refractivity contribution in [1.82, 2.24) is 20.4 Å². The quantitative estimate of drug-likeness (QED) is 0.263. The maximum Gasteiger partial charge on any atom is 0.355 e. The number of anilines is 3. The van der Waals surface area contributed by atoms with E-state index in [2.05, 4.69) is 47.1 Å². The van der Waals surface area contributed by atoms with Gasteiger partial charge in [-0.05, 0) is 55.5 Å². The van der Waals surface area contributed by atoms with Gasteiger partial charge in [0.15, 0.2) is 0 Å². The summed E-state index contributed by atoms with van der Waals surface area (Å²) in [7, 11) is 0. The van der Waals surface area contributed by atoms with Crippen LogP contribution in [0.3, 0.4) is 0 Å². The number of hydrogen-bond acceptors (Lipinski definition) is 8. The Kier molecular flexibility index (Phi) is 5.90. The molecule has 10 nitrogen and oxygen atoms in total. The number of nitro groups is 1. The van der Waals surface area contributed by atoms with E-state index in [9.17, 15) is 14.9 Å². The van der Waals surface area contributed by atoms with Gasteiger partial charge in [-0.3, -0.25) is 30.7 Å². The van der Waals surface area contributed by atoms with Crippen LogP contribution in [0.25, 0.3) is 10.9 Å². The molecule has 4 aromatic rings. The van der Waals surface area contributed by atoms with Crippen molar-refractivity contribution in [2.45, 2.75) is 6.92 Å². The molecule has 0 aliphatic rings. The van der Waals surface area contributed by atoms with Crippen molar-refractivity contribution in [2.75, 3.05) is 10.7 Å². The number of carbonyl (C=O) groups excluding carboxylic acids is 1. The van der Waals surface area contributed by atoms with Gasteiger partial charge in [-0.1, -0.05) is 22.0 Å². The summed E-state index contributed by atoms with van der Waals surface area (Å²) in [5, 5.41) is 15.6. The van der Waals surface area contributed by atoms with E-state index in [1.54, 1.807) is 36.4 Å². The second kappa shape index (κ2) is 8.94. The number of nitrogens with one attached hydrogen (secondary N) is 3. The van der Waals surface area contributed by atoms with Gasteiger partial charge in [0.25, 0.3) is 5.91 Å². The largest absolute Gasteiger partial charge is 0.355 e. The normalized spacial score (nSPS) is 10.6. The van der Waals surface area contributed by atoms with Gasteiger partial charge in [-0.2, -0.15) is 0 Å². The molecule has 160 valence electrons. The molecule has 32 heavy (non-hydrogen) atoms. The van der Waals surface area contributed by atoms with E-state index in [1.165, 1.54) is 0 Å². The fraction of sp³-hybridized carbons (Fsp3) is 0.0476. The number of fused-ring (bicyclic) bond motifs is 1. The van der Waals surface area contributed by atoms with Crippen LogP contribution in [0, 0.1) is 17.0 Å². The number of aryl methyl sites for hydroxylation is 1. The number of carbonyl (C=O) groups is 1. The zero-order chi connectivity index (χ0) is 22.7. The summed E-state index contributed by atoms with van der Waals surface area (Å²) in [6, 6.07) is 15.8. The Bertz CT molecular complexity index is 1330. The van der Waals surface area contributed by atoms with Crippen molar-refractivity contribution in [3.63, 3.8) is 0 Å². The summed E-state index contributed by atoms with van der Waals surface area (Å²) in [5.41, 5.74) is 7.09. The second-order valence-electron chi connectivity index (χ2n) is 6.71. The van der Waals surface area contributed by atoms with Gasteiger partial charge in [0.2, 0.25) is 11.6 Å². The summed E-state index contributed by atoms with van der Waals surface area (Å²) in [5.74, 6) is -0.666. The predicted molar refractivity (Wildman–Crippen MR) is 124 cm³/mol. The molecule has 0 aliphatic heterocycles. The van der Waals surface area contributed by atoms with Gasteiger partial charge in [-0.25, -0.2) is 9.97 Å². The molecule has 0 unspecified atom stereocenters. The van der Waals surface area contributed by atoms with Gasteiger partial charge in [0, 0.05) is 26.8 Å². The number of rotatable bonds is 6. The molecule has 0 atom stereocenters. The Hall–Kier alpha value is -4.12. The van der Waals surface area contributed by atoms with Crippen LogP contribution in [0.4, 0.5) is 23.0 Å². The van der Waals surface area contributed by atoms with Crippen LogP contribution in [0.2, 0.25) is 0 Å². The number of pyridine rings is 1. The minimum Gasteiger partial charge on any atom is -0.334 e. The third-order valence-corrected chi connectivity index (χ3v) is 5.06. The molecule has 0 radical (unpaired) electrons. The summed E-state index contributed by atoms with van der Waals surface area (Å²) in [6.07, 6.45) is 1.16. The molecule has 1 amide bonds. The molecule has 0 saturated heterocycles. The van der Waals surface area contributed by atoms with Crippen molar-refractivity contribution in [2.24, 2.45) is 0 Å². The zero-order valence-electron chi connectivity index (χ0n) is 16.7. The van der Waals surface area contributed by atoms with Gasteiger partial charge >= 0.3 is 5.69 Å². The molecule has 0 bridgehead atoms. The first-order valence-electron chi connectivity index (χ1n) is 9.37. The molecule has 11 heteroatoms. The van der Waals surface area contributed by atoms with Crippen molar-refractivity contribution in [3.05, 3.63) is 86.8 Å². The molecule has 2 aromatic heterocycles. The van der Waals surface area contributed by atoms with Crippen molar-refractivity contribution < 1.29 is 9.72 Å². The van der Waals surface area contributed by atoms with E-state index in [-0.39, 0.29) is 11.6 Å². The van der Waals surface area contributed by atoms with E-state index in [1.807, 2.05) is 25.1 Å². The average molecular weight is 494 g/mol. The first-order valence-corrected chi connectivity index (χ1v) is 10.2. The second-order valence-corrected chi connectivity index (χ2v) is 7.63. The Balaban J connectivity index is 1.62. The summed E-state index contributed by atoms with van der Waals surface area (Å²) in [6.45, 7) is 1.88. The lowest BCUT2D eigenvalue weighted by molar-refractivity contribution is -0.383. The highest BCUT2D eigenvalue weighted by molar-refractivity contribution is 9.10. The molecule has 0 saturated carbocycles. The lowest BCUT2D eigenvalue weighted by Crippen LogP contribution is -2.30. The lowest BCUT2D eigenvalue weighted by atomic mass is 10.1. The third kappa shape index (κ3) is 4.47. The first-order chi connectivity index (χ1) is 15.4. The molecule has 2 aromatic carbocycles. The van der Waals surface area contributed by atoms with Crippen LogP contribution in [0.5, 0.6) is 0 Å². The average Bonchev–Trinajstić information content (AvgIpc) is 2.77. The highest BCUT2D eigenvalue weighted by atomic mass is 79.9. The van der Waals surface area contributed by atoms with Gasteiger partial charge in [-0.15, -0.1) is 0 Å². The van der Waals surface area contributed by atoms with Crippen LogP contribution in [0.15, 0.2) is 65.4 Å². The molecule has 0 aliphatic carbocycles. The van der Waals surface area contributed by atoms with Crippen LogP contribution < -0.4 is 16.2 Å². The number of amides is 1. The third-order valence-electron chi connectivity index (χ3n) is 4.53. The number of benzene rings is 2. The smallest absolute Gasteiger partial charge is 0.334 e. The molecule has 3 N–H and O–H groups in total. The maximum absolute atomic E-state index is 12.3. The van der Waals surface area contributed by atoms with E-state index in [0.717, 1.165) is 27.4 Å². The van der Waals surface area contributed by atoms with Crippen LogP contribution >= 0.6 is 15.9 Å². The first kappa shape index (κ1) is 21.1. The zero-order valence-corrected chi connectivity index (χ0v) is 18.3. The van der Waals surface area contributed by atoms with E-state index >= 15 is 0 Å². The SMILES string of the molecule is Cc1ccc2c(Nc3ncnc(NNC(=O)c4ccc(Br)cc4)c3[N+](=O)[O-])cccc2n1. The van der Waals surface area contributed by atoms with Gasteiger partial charge < -0.3 is 5.32 Å². The van der Waals surface area contributed by atoms with Crippen LogP contribution in [0.1, 0.15) is 16.1 Å². The highest BCUT2D eigenvalue weighted by Gasteiger charge is 2.24. The summed E-state index contributed by atoms with van der Waals surface area (Å²) in [4.78, 5) is 35.9. The lowest BCUT2D eigenvalue weighted by Gasteiger charge is -2.12. The van der Waals surface area contributed by atoms with Crippen molar-refractivity contribution >= 4 is 55.8 Å². The van der Waals surface area contributed by atoms with Gasteiger partial charge in [0.05, 0.1) is 10.4 Å². The van der Waals surface area contributed by atoms with E-state index < -0.39 is 16.5 Å². The van der Waals surface area contributed by atoms with Gasteiger partial charge in [0.1, 0.15) is 6.33 Å². The number of aromatic nitrogens is 3. The number of hydrogen-bond donors (Lipinski definition) is 3. The monoisotopic (exact) mass is 493 g/mol. The fourth-order valence-electron chi connectivity index (χ4n) is 3.02. The maximum atomic E-state index is 12.3. The van der Waals surface area contributed by atoms with Crippen molar-refractivity contribution in [1.29, 1.82) is 0 Å². The minimum atomic E-state index is -0.621. The Morgan fingerprint density at radius 3 is 2.53 bits per heavy atom. The standard InChI is InChI=1S/C21H16BrN7O3/c1-12-5-10-15-16(25-12)3-2-4-17(15)26-19-18(29(31)32)20(24-11-23-19)27-28-21(30)13-6-8-14(22)9-7-13/h2-11H,1H3,(H,28,30)(H2,23,24,26,27). The molecular formula is C21H16BrN7O3. The van der Waals surface area contributed by atoms with Crippen LogP contribution in [-0.2, 0) is 0 Å². The van der Waals surface area contributed by atoms with Crippen LogP contribution in [-0.4, -0.2) is 25.8 Å². The topological polar surface area (TPSA) is 135 Å². The number of halogens is 1. The predicted octanol–water partition coefficient (Wildman–Crippen LogP) is 4.50. The molecule has 0 fully saturated rings. The van der Waals surface area contributed by atoms with Crippen molar-refractivity contribution in [3.8, 4) is 0 Å². The number of hydrazine groups is 1. The summed E-state index contributed by atoms with van der Waals surface area (Å²) >= 11 is 3.30. The number of nitrogens with zero attached hydrogens (tertiary/aromatic N) is 4. The summed E-state index contributed by atoms with van der Waals surface area (Å²) < 4.78 is 0.822. The highest BCUT2D eigenvalue weighted by Crippen LogP contribution is 2.33. The Labute approximate surface area is 190 Å². The van der Waals surface area contributed by atoms with E-state index in [0.29, 0.717) is 11.3 Å². The minimum absolute atomic E-state index is 0.0292. The Morgan fingerprint density at radius 1 is 1.03 bits per heavy atom. The molecular weight excluding hydrogens is 478 g/mol. The molecule has 0 spiro atoms.